The number of esters is 3. The number of carbonyl (C=O) groups is 3. The highest BCUT2D eigenvalue weighted by atomic mass is 16.6. The zero-order valence-corrected chi connectivity index (χ0v) is 37.5. The van der Waals surface area contributed by atoms with E-state index in [-0.39, 0.29) is 37.5 Å². The smallest absolute Gasteiger partial charge is 0.306 e. The molecule has 6 nitrogen and oxygen atoms in total. The first-order valence-corrected chi connectivity index (χ1v) is 23.6. The van der Waals surface area contributed by atoms with E-state index in [1.165, 1.54) is 57.8 Å². The molecule has 58 heavy (non-hydrogen) atoms. The summed E-state index contributed by atoms with van der Waals surface area (Å²) in [4.78, 5) is 37.8. The van der Waals surface area contributed by atoms with Crippen LogP contribution in [0.1, 0.15) is 207 Å². The van der Waals surface area contributed by atoms with E-state index in [1.807, 2.05) is 12.2 Å². The highest BCUT2D eigenvalue weighted by Gasteiger charge is 2.19. The molecule has 0 radical (unpaired) electrons. The summed E-state index contributed by atoms with van der Waals surface area (Å²) in [6, 6.07) is 0. The quantitative estimate of drug-likeness (QED) is 0.0265. The molecule has 0 aromatic rings. The minimum absolute atomic E-state index is 0.105. The summed E-state index contributed by atoms with van der Waals surface area (Å²) in [6.07, 6.45) is 58.6. The van der Waals surface area contributed by atoms with Gasteiger partial charge in [-0.25, -0.2) is 0 Å². The van der Waals surface area contributed by atoms with E-state index in [4.69, 9.17) is 14.2 Å². The van der Waals surface area contributed by atoms with E-state index in [2.05, 4.69) is 93.7 Å². The summed E-state index contributed by atoms with van der Waals surface area (Å²) in [5.41, 5.74) is 0. The lowest BCUT2D eigenvalue weighted by Gasteiger charge is -2.18. The van der Waals surface area contributed by atoms with Gasteiger partial charge in [0.15, 0.2) is 6.10 Å². The monoisotopic (exact) mass is 807 g/mol. The average Bonchev–Trinajstić information content (AvgIpc) is 3.22. The standard InChI is InChI=1S/C52H86O6/c1-4-7-10-13-16-19-22-25-26-27-28-31-33-36-39-42-45-51(54)57-48-49(58-52(55)46-43-40-37-34-30-24-21-18-15-12-9-6-3)47-56-50(53)44-41-38-35-32-29-23-20-17-14-11-8-5-2/h7,9-10,12,16,18-19,21,25-26,28,31,36,39,49H,4-6,8,11,13-15,17,20,22-24,27,29-30,32-35,37-38,40-48H2,1-3H3/b10-7-,12-9-,19-16-,21-18-,26-25-,31-28-,39-36-. The van der Waals surface area contributed by atoms with Crippen LogP contribution in [-0.4, -0.2) is 37.2 Å². The summed E-state index contributed by atoms with van der Waals surface area (Å²) in [7, 11) is 0. The molecular weight excluding hydrogens is 721 g/mol. The van der Waals surface area contributed by atoms with E-state index in [9.17, 15) is 14.4 Å². The minimum Gasteiger partial charge on any atom is -0.462 e. The normalized spacial score (nSPS) is 12.8. The Morgan fingerprint density at radius 3 is 1.16 bits per heavy atom. The van der Waals surface area contributed by atoms with Crippen molar-refractivity contribution in [3.05, 3.63) is 85.1 Å². The first-order valence-electron chi connectivity index (χ1n) is 23.6. The maximum Gasteiger partial charge on any atom is 0.306 e. The predicted molar refractivity (Wildman–Crippen MR) is 247 cm³/mol. The summed E-state index contributed by atoms with van der Waals surface area (Å²) in [5.74, 6) is -1.01. The van der Waals surface area contributed by atoms with Crippen molar-refractivity contribution in [2.45, 2.75) is 213 Å². The van der Waals surface area contributed by atoms with Crippen LogP contribution in [-0.2, 0) is 28.6 Å². The maximum absolute atomic E-state index is 12.7. The molecule has 0 aromatic heterocycles. The number of carbonyl (C=O) groups excluding carboxylic acids is 3. The van der Waals surface area contributed by atoms with Crippen LogP contribution in [0.3, 0.4) is 0 Å². The molecule has 0 N–H and O–H groups in total. The molecule has 0 aliphatic heterocycles. The van der Waals surface area contributed by atoms with Crippen LogP contribution in [0, 0.1) is 0 Å². The Morgan fingerprint density at radius 2 is 0.707 bits per heavy atom. The maximum atomic E-state index is 12.7. The van der Waals surface area contributed by atoms with Gasteiger partial charge in [-0.05, 0) is 77.0 Å². The first-order chi connectivity index (χ1) is 28.5. The Kier molecular flexibility index (Phi) is 43.6. The predicted octanol–water partition coefficient (Wildman–Crippen LogP) is 15.3. The lowest BCUT2D eigenvalue weighted by atomic mass is 10.0. The van der Waals surface area contributed by atoms with Crippen LogP contribution >= 0.6 is 0 Å². The summed E-state index contributed by atoms with van der Waals surface area (Å²) < 4.78 is 16.6. The molecule has 0 rings (SSSR count). The SMILES string of the molecule is CC/C=C\C/C=C\C/C=C\C/C=C\C/C=C\CCC(=O)OCC(COC(=O)CCCCCCCCCCCCCC)OC(=O)CCCCCCC/C=C\C/C=C\CC. The zero-order valence-electron chi connectivity index (χ0n) is 37.5. The number of ether oxygens (including phenoxy) is 3. The Labute approximate surface area is 356 Å². The second kappa shape index (κ2) is 46.3. The number of unbranched alkanes of at least 4 members (excludes halogenated alkanes) is 16. The molecule has 0 saturated carbocycles. The average molecular weight is 807 g/mol. The number of hydrogen-bond donors (Lipinski definition) is 0. The third-order valence-corrected chi connectivity index (χ3v) is 9.66. The lowest BCUT2D eigenvalue weighted by molar-refractivity contribution is -0.166. The van der Waals surface area contributed by atoms with Crippen LogP contribution < -0.4 is 0 Å². The van der Waals surface area contributed by atoms with Gasteiger partial charge in [-0.15, -0.1) is 0 Å². The van der Waals surface area contributed by atoms with E-state index in [1.54, 1.807) is 0 Å². The molecule has 0 fully saturated rings. The van der Waals surface area contributed by atoms with Crippen LogP contribution in [0.5, 0.6) is 0 Å². The van der Waals surface area contributed by atoms with Crippen molar-refractivity contribution in [3.63, 3.8) is 0 Å². The van der Waals surface area contributed by atoms with Crippen molar-refractivity contribution in [1.82, 2.24) is 0 Å². The third-order valence-electron chi connectivity index (χ3n) is 9.66. The van der Waals surface area contributed by atoms with E-state index in [0.717, 1.165) is 103 Å². The largest absolute Gasteiger partial charge is 0.462 e. The van der Waals surface area contributed by atoms with E-state index >= 15 is 0 Å². The summed E-state index contributed by atoms with van der Waals surface area (Å²) in [5, 5.41) is 0. The van der Waals surface area contributed by atoms with Gasteiger partial charge in [-0.1, -0.05) is 196 Å². The number of rotatable bonds is 41. The van der Waals surface area contributed by atoms with Crippen molar-refractivity contribution >= 4 is 17.9 Å². The first kappa shape index (κ1) is 54.6. The van der Waals surface area contributed by atoms with Gasteiger partial charge >= 0.3 is 17.9 Å². The van der Waals surface area contributed by atoms with E-state index in [0.29, 0.717) is 19.3 Å². The van der Waals surface area contributed by atoms with Gasteiger partial charge in [0.05, 0.1) is 0 Å². The fourth-order valence-corrected chi connectivity index (χ4v) is 6.17. The van der Waals surface area contributed by atoms with Crippen LogP contribution in [0.25, 0.3) is 0 Å². The molecule has 0 saturated heterocycles. The summed E-state index contributed by atoms with van der Waals surface area (Å²) in [6.45, 7) is 6.31. The van der Waals surface area contributed by atoms with Crippen LogP contribution in [0.4, 0.5) is 0 Å². The molecule has 1 atom stereocenters. The molecule has 0 aliphatic rings. The molecule has 330 valence electrons. The topological polar surface area (TPSA) is 78.9 Å². The van der Waals surface area contributed by atoms with Gasteiger partial charge in [0.25, 0.3) is 0 Å². The van der Waals surface area contributed by atoms with Crippen molar-refractivity contribution in [1.29, 1.82) is 0 Å². The van der Waals surface area contributed by atoms with E-state index < -0.39 is 6.10 Å². The zero-order chi connectivity index (χ0) is 42.3. The Morgan fingerprint density at radius 1 is 0.362 bits per heavy atom. The minimum atomic E-state index is -0.810. The molecule has 0 amide bonds. The van der Waals surface area contributed by atoms with Crippen LogP contribution in [0.2, 0.25) is 0 Å². The number of allylic oxidation sites excluding steroid dienone is 14. The van der Waals surface area contributed by atoms with Gasteiger partial charge in [0.2, 0.25) is 0 Å². The Hall–Kier alpha value is -3.41. The highest BCUT2D eigenvalue weighted by Crippen LogP contribution is 2.14. The number of hydrogen-bond acceptors (Lipinski definition) is 6. The molecule has 0 aromatic carbocycles. The molecule has 0 heterocycles. The van der Waals surface area contributed by atoms with Crippen LogP contribution in [0.15, 0.2) is 85.1 Å². The Bertz CT molecular complexity index is 1160. The molecular formula is C52H86O6. The fraction of sp³-hybridized carbons (Fsp3) is 0.673. The van der Waals surface area contributed by atoms with Crippen molar-refractivity contribution in [2.75, 3.05) is 13.2 Å². The molecule has 6 heteroatoms. The Balaban J connectivity index is 4.51. The van der Waals surface area contributed by atoms with Gasteiger partial charge in [-0.3, -0.25) is 14.4 Å². The molecule has 0 aliphatic carbocycles. The van der Waals surface area contributed by atoms with Crippen molar-refractivity contribution < 1.29 is 28.6 Å². The highest BCUT2D eigenvalue weighted by molar-refractivity contribution is 5.71. The second-order valence-electron chi connectivity index (χ2n) is 15.3. The molecule has 0 bridgehead atoms. The fourth-order valence-electron chi connectivity index (χ4n) is 6.17. The second-order valence-corrected chi connectivity index (χ2v) is 15.3. The van der Waals surface area contributed by atoms with Gasteiger partial charge in [-0.2, -0.15) is 0 Å². The van der Waals surface area contributed by atoms with Gasteiger partial charge in [0, 0.05) is 19.3 Å². The van der Waals surface area contributed by atoms with Crippen molar-refractivity contribution in [3.8, 4) is 0 Å². The molecule has 1 unspecified atom stereocenters. The van der Waals surface area contributed by atoms with Gasteiger partial charge in [0.1, 0.15) is 13.2 Å². The van der Waals surface area contributed by atoms with Gasteiger partial charge < -0.3 is 14.2 Å². The summed E-state index contributed by atoms with van der Waals surface area (Å²) >= 11 is 0. The molecule has 0 spiro atoms. The lowest BCUT2D eigenvalue weighted by Crippen LogP contribution is -2.30. The van der Waals surface area contributed by atoms with Crippen molar-refractivity contribution in [2.24, 2.45) is 0 Å². The third kappa shape index (κ3) is 43.7.